The Morgan fingerprint density at radius 3 is 2.74 bits per heavy atom. The van der Waals surface area contributed by atoms with E-state index in [4.69, 9.17) is 11.6 Å². The van der Waals surface area contributed by atoms with E-state index in [9.17, 15) is 10.1 Å². The molecule has 0 fully saturated rings. The molecule has 0 bridgehead atoms. The first kappa shape index (κ1) is 15.7. The van der Waals surface area contributed by atoms with Gasteiger partial charge in [0, 0.05) is 29.7 Å². The highest BCUT2D eigenvalue weighted by Gasteiger charge is 2.09. The molecule has 0 unspecified atom stereocenters. The summed E-state index contributed by atoms with van der Waals surface area (Å²) in [6, 6.07) is 4.88. The summed E-state index contributed by atoms with van der Waals surface area (Å²) in [6.45, 7) is 6.97. The molecule has 1 aromatic rings. The maximum absolute atomic E-state index is 10.8. The van der Waals surface area contributed by atoms with Gasteiger partial charge in [0.15, 0.2) is 0 Å². The first-order valence-corrected chi connectivity index (χ1v) is 6.68. The average molecular weight is 283 g/mol. The van der Waals surface area contributed by atoms with Crippen LogP contribution in [0, 0.1) is 10.1 Å². The molecule has 104 valence electrons. The van der Waals surface area contributed by atoms with E-state index >= 15 is 0 Å². The predicted octanol–water partition coefficient (Wildman–Crippen LogP) is 4.04. The highest BCUT2D eigenvalue weighted by Crippen LogP contribution is 2.24. The van der Waals surface area contributed by atoms with Crippen LogP contribution in [0.2, 0.25) is 5.02 Å². The predicted molar refractivity (Wildman–Crippen MR) is 79.5 cm³/mol. The first-order chi connectivity index (χ1) is 8.93. The number of nitro benzene ring substituents is 1. The van der Waals surface area contributed by atoms with E-state index < -0.39 is 4.92 Å². The molecule has 0 aromatic heterocycles. The Balaban J connectivity index is 2.99. The quantitative estimate of drug-likeness (QED) is 0.633. The zero-order valence-corrected chi connectivity index (χ0v) is 12.2. The largest absolute Gasteiger partial charge is 0.311 e. The van der Waals surface area contributed by atoms with Crippen LogP contribution in [-0.4, -0.2) is 17.5 Å². The van der Waals surface area contributed by atoms with Gasteiger partial charge in [-0.1, -0.05) is 44.0 Å². The Morgan fingerprint density at radius 2 is 2.21 bits per heavy atom. The van der Waals surface area contributed by atoms with Gasteiger partial charge in [0.25, 0.3) is 5.69 Å². The number of hydrogen-bond acceptors (Lipinski definition) is 3. The lowest BCUT2D eigenvalue weighted by Gasteiger charge is -2.10. The van der Waals surface area contributed by atoms with Gasteiger partial charge in [-0.15, -0.1) is 0 Å². The molecule has 1 N–H and O–H groups in total. The summed E-state index contributed by atoms with van der Waals surface area (Å²) in [7, 11) is 0. The van der Waals surface area contributed by atoms with Crippen LogP contribution in [0.3, 0.4) is 0 Å². The summed E-state index contributed by atoms with van der Waals surface area (Å²) in [4.78, 5) is 10.4. The molecule has 19 heavy (non-hydrogen) atoms. The molecule has 1 aromatic carbocycles. The van der Waals surface area contributed by atoms with Gasteiger partial charge in [0.1, 0.15) is 0 Å². The van der Waals surface area contributed by atoms with Crippen LogP contribution in [0.4, 0.5) is 5.69 Å². The molecule has 0 radical (unpaired) electrons. The number of rotatable bonds is 6. The summed E-state index contributed by atoms with van der Waals surface area (Å²) >= 11 is 6.08. The molecule has 0 saturated carbocycles. The number of halogens is 1. The van der Waals surface area contributed by atoms with E-state index in [0.717, 1.165) is 18.5 Å². The highest BCUT2D eigenvalue weighted by molar-refractivity contribution is 6.32. The second-order valence-corrected chi connectivity index (χ2v) is 5.06. The van der Waals surface area contributed by atoms with Crippen molar-refractivity contribution in [2.75, 3.05) is 6.54 Å². The number of benzene rings is 1. The van der Waals surface area contributed by atoms with Gasteiger partial charge in [-0.2, -0.15) is 0 Å². The standard InChI is InChI=1S/C14H19ClN2O2/c1-4-11(9-16-10(2)3)7-12-8-13(17(18)19)5-6-14(12)15/h5-8,10,16H,4,9H2,1-3H3. The number of non-ortho nitro benzene ring substituents is 1. The van der Waals surface area contributed by atoms with Crippen molar-refractivity contribution in [2.45, 2.75) is 33.2 Å². The van der Waals surface area contributed by atoms with Crippen molar-refractivity contribution in [3.05, 3.63) is 44.5 Å². The van der Waals surface area contributed by atoms with Gasteiger partial charge in [0.2, 0.25) is 0 Å². The lowest BCUT2D eigenvalue weighted by Crippen LogP contribution is -2.24. The molecule has 4 nitrogen and oxygen atoms in total. The van der Waals surface area contributed by atoms with Crippen LogP contribution >= 0.6 is 11.6 Å². The van der Waals surface area contributed by atoms with E-state index in [1.807, 2.05) is 6.08 Å². The minimum atomic E-state index is -0.411. The third kappa shape index (κ3) is 5.01. The molecule has 0 amide bonds. The molecular formula is C14H19ClN2O2. The van der Waals surface area contributed by atoms with Crippen LogP contribution in [0.5, 0.6) is 0 Å². The topological polar surface area (TPSA) is 55.2 Å². The molecule has 1 rings (SSSR count). The summed E-state index contributed by atoms with van der Waals surface area (Å²) in [5.74, 6) is 0. The number of nitro groups is 1. The molecule has 0 heterocycles. The van der Waals surface area contributed by atoms with Crippen molar-refractivity contribution in [2.24, 2.45) is 0 Å². The van der Waals surface area contributed by atoms with Gasteiger partial charge in [0.05, 0.1) is 4.92 Å². The monoisotopic (exact) mass is 282 g/mol. The second-order valence-electron chi connectivity index (χ2n) is 4.65. The van der Waals surface area contributed by atoms with E-state index in [1.54, 1.807) is 6.07 Å². The Hall–Kier alpha value is -1.39. The summed E-state index contributed by atoms with van der Waals surface area (Å²) < 4.78 is 0. The molecule has 0 aliphatic heterocycles. The van der Waals surface area contributed by atoms with Crippen molar-refractivity contribution in [1.82, 2.24) is 5.32 Å². The van der Waals surface area contributed by atoms with Crippen molar-refractivity contribution < 1.29 is 4.92 Å². The average Bonchev–Trinajstić information content (AvgIpc) is 2.35. The summed E-state index contributed by atoms with van der Waals surface area (Å²) in [5, 5.41) is 14.6. The summed E-state index contributed by atoms with van der Waals surface area (Å²) in [5.41, 5.74) is 1.91. The maximum atomic E-state index is 10.8. The highest BCUT2D eigenvalue weighted by atomic mass is 35.5. The fourth-order valence-corrected chi connectivity index (χ4v) is 1.76. The van der Waals surface area contributed by atoms with Crippen LogP contribution in [0.1, 0.15) is 32.8 Å². The third-order valence-electron chi connectivity index (χ3n) is 2.74. The Morgan fingerprint density at radius 1 is 1.53 bits per heavy atom. The van der Waals surface area contributed by atoms with Crippen LogP contribution in [0.25, 0.3) is 6.08 Å². The lowest BCUT2D eigenvalue weighted by molar-refractivity contribution is -0.384. The zero-order chi connectivity index (χ0) is 14.4. The fourth-order valence-electron chi connectivity index (χ4n) is 1.59. The molecule has 0 saturated heterocycles. The molecule has 0 aliphatic rings. The Kier molecular flexibility index (Phi) is 5.99. The lowest BCUT2D eigenvalue weighted by atomic mass is 10.1. The number of nitrogens with zero attached hydrogens (tertiary/aromatic N) is 1. The summed E-state index contributed by atoms with van der Waals surface area (Å²) in [6.07, 6.45) is 2.80. The van der Waals surface area contributed by atoms with Crippen molar-refractivity contribution >= 4 is 23.4 Å². The minimum absolute atomic E-state index is 0.0583. The van der Waals surface area contributed by atoms with Crippen LogP contribution in [-0.2, 0) is 0 Å². The van der Waals surface area contributed by atoms with Gasteiger partial charge < -0.3 is 5.32 Å². The second kappa shape index (κ2) is 7.26. The molecule has 0 spiro atoms. The van der Waals surface area contributed by atoms with Gasteiger partial charge in [-0.25, -0.2) is 0 Å². The molecule has 0 atom stereocenters. The normalized spacial score (nSPS) is 11.9. The van der Waals surface area contributed by atoms with Crippen LogP contribution in [0.15, 0.2) is 23.8 Å². The van der Waals surface area contributed by atoms with Crippen molar-refractivity contribution in [3.8, 4) is 0 Å². The molecule has 5 heteroatoms. The van der Waals surface area contributed by atoms with Gasteiger partial charge >= 0.3 is 0 Å². The van der Waals surface area contributed by atoms with Gasteiger partial charge in [-0.05, 0) is 18.1 Å². The van der Waals surface area contributed by atoms with E-state index in [0.29, 0.717) is 16.6 Å². The number of hydrogen-bond donors (Lipinski definition) is 1. The fraction of sp³-hybridized carbons (Fsp3) is 0.429. The Bertz CT molecular complexity index is 484. The number of nitrogens with one attached hydrogen (secondary N) is 1. The smallest absolute Gasteiger partial charge is 0.270 e. The SMILES string of the molecule is CCC(=Cc1cc([N+](=O)[O-])ccc1Cl)CNC(C)C. The van der Waals surface area contributed by atoms with E-state index in [2.05, 4.69) is 26.1 Å². The minimum Gasteiger partial charge on any atom is -0.311 e. The molecule has 0 aliphatic carbocycles. The maximum Gasteiger partial charge on any atom is 0.270 e. The zero-order valence-electron chi connectivity index (χ0n) is 11.4. The van der Waals surface area contributed by atoms with E-state index in [1.165, 1.54) is 12.1 Å². The molecular weight excluding hydrogens is 264 g/mol. The van der Waals surface area contributed by atoms with Gasteiger partial charge in [-0.3, -0.25) is 10.1 Å². The Labute approximate surface area is 118 Å². The van der Waals surface area contributed by atoms with Crippen LogP contribution < -0.4 is 5.32 Å². The third-order valence-corrected chi connectivity index (χ3v) is 3.09. The van der Waals surface area contributed by atoms with Crippen molar-refractivity contribution in [3.63, 3.8) is 0 Å². The van der Waals surface area contributed by atoms with Crippen molar-refractivity contribution in [1.29, 1.82) is 0 Å². The van der Waals surface area contributed by atoms with E-state index in [-0.39, 0.29) is 5.69 Å². The first-order valence-electron chi connectivity index (χ1n) is 6.30.